The van der Waals surface area contributed by atoms with Crippen LogP contribution in [0.15, 0.2) is 24.4 Å². The standard InChI is InChI=1S/C10H14N2O2/c1-7(8(2)13)12-10(14)9-5-3-4-6-11-9/h3-8,13H,1-2H3,(H,12,14). The zero-order valence-corrected chi connectivity index (χ0v) is 8.27. The Morgan fingerprint density at radius 3 is 2.71 bits per heavy atom. The summed E-state index contributed by atoms with van der Waals surface area (Å²) in [6.07, 6.45) is 0.991. The Labute approximate surface area is 83.0 Å². The molecule has 1 amide bonds. The molecule has 1 aromatic heterocycles. The number of aromatic nitrogens is 1. The molecule has 76 valence electrons. The van der Waals surface area contributed by atoms with Crippen LogP contribution in [0.4, 0.5) is 0 Å². The van der Waals surface area contributed by atoms with E-state index in [1.54, 1.807) is 38.2 Å². The van der Waals surface area contributed by atoms with Crippen molar-refractivity contribution in [2.24, 2.45) is 0 Å². The van der Waals surface area contributed by atoms with Crippen LogP contribution in [-0.2, 0) is 0 Å². The molecule has 0 aliphatic rings. The lowest BCUT2D eigenvalue weighted by Crippen LogP contribution is -2.39. The molecule has 0 aliphatic carbocycles. The molecule has 4 heteroatoms. The van der Waals surface area contributed by atoms with Gasteiger partial charge >= 0.3 is 0 Å². The fourth-order valence-corrected chi connectivity index (χ4v) is 0.898. The first-order valence-corrected chi connectivity index (χ1v) is 4.51. The van der Waals surface area contributed by atoms with Gasteiger partial charge in [-0.25, -0.2) is 0 Å². The maximum Gasteiger partial charge on any atom is 0.270 e. The van der Waals surface area contributed by atoms with Gasteiger partial charge in [0.05, 0.1) is 12.1 Å². The Morgan fingerprint density at radius 1 is 1.50 bits per heavy atom. The van der Waals surface area contributed by atoms with E-state index in [9.17, 15) is 9.90 Å². The SMILES string of the molecule is CC(O)C(C)NC(=O)c1ccccn1. The number of nitrogens with zero attached hydrogens (tertiary/aromatic N) is 1. The van der Waals surface area contributed by atoms with E-state index in [0.717, 1.165) is 0 Å². The van der Waals surface area contributed by atoms with Crippen molar-refractivity contribution in [3.8, 4) is 0 Å². The number of carbonyl (C=O) groups is 1. The van der Waals surface area contributed by atoms with Crippen LogP contribution in [0.25, 0.3) is 0 Å². The third-order valence-corrected chi connectivity index (χ3v) is 1.98. The number of aliphatic hydroxyl groups excluding tert-OH is 1. The van der Waals surface area contributed by atoms with Crippen LogP contribution in [-0.4, -0.2) is 28.1 Å². The summed E-state index contributed by atoms with van der Waals surface area (Å²) in [5.41, 5.74) is 0.361. The van der Waals surface area contributed by atoms with E-state index in [4.69, 9.17) is 0 Å². The molecule has 2 unspecified atom stereocenters. The van der Waals surface area contributed by atoms with Gasteiger partial charge in [0, 0.05) is 6.20 Å². The van der Waals surface area contributed by atoms with Crippen LogP contribution in [0.2, 0.25) is 0 Å². The fourth-order valence-electron chi connectivity index (χ4n) is 0.898. The van der Waals surface area contributed by atoms with Gasteiger partial charge in [-0.2, -0.15) is 0 Å². The summed E-state index contributed by atoms with van der Waals surface area (Å²) in [5.74, 6) is -0.265. The molecule has 0 fully saturated rings. The Balaban J connectivity index is 2.60. The molecule has 1 rings (SSSR count). The van der Waals surface area contributed by atoms with Crippen LogP contribution in [0, 0.1) is 0 Å². The van der Waals surface area contributed by atoms with Crippen molar-refractivity contribution in [1.29, 1.82) is 0 Å². The first-order chi connectivity index (χ1) is 6.61. The highest BCUT2D eigenvalue weighted by atomic mass is 16.3. The lowest BCUT2D eigenvalue weighted by atomic mass is 10.2. The molecule has 0 aromatic carbocycles. The maximum atomic E-state index is 11.5. The second-order valence-electron chi connectivity index (χ2n) is 3.22. The zero-order chi connectivity index (χ0) is 10.6. The summed E-state index contributed by atoms with van der Waals surface area (Å²) in [6.45, 7) is 3.37. The summed E-state index contributed by atoms with van der Waals surface area (Å²) < 4.78 is 0. The predicted molar refractivity (Wildman–Crippen MR) is 52.8 cm³/mol. The third kappa shape index (κ3) is 2.81. The quantitative estimate of drug-likeness (QED) is 0.740. The lowest BCUT2D eigenvalue weighted by Gasteiger charge is -2.15. The number of aliphatic hydroxyl groups is 1. The van der Waals surface area contributed by atoms with Crippen LogP contribution in [0.1, 0.15) is 24.3 Å². The number of pyridine rings is 1. The van der Waals surface area contributed by atoms with Gasteiger partial charge in [0.1, 0.15) is 5.69 Å². The fraction of sp³-hybridized carbons (Fsp3) is 0.400. The number of rotatable bonds is 3. The van der Waals surface area contributed by atoms with Crippen molar-refractivity contribution in [2.75, 3.05) is 0 Å². The highest BCUT2D eigenvalue weighted by Gasteiger charge is 2.13. The Hall–Kier alpha value is -1.42. The number of nitrogens with one attached hydrogen (secondary N) is 1. The molecule has 1 aromatic rings. The predicted octanol–water partition coefficient (Wildman–Crippen LogP) is 0.581. The van der Waals surface area contributed by atoms with E-state index in [0.29, 0.717) is 5.69 Å². The van der Waals surface area contributed by atoms with Crippen molar-refractivity contribution in [3.05, 3.63) is 30.1 Å². The summed E-state index contributed by atoms with van der Waals surface area (Å²) in [5, 5.41) is 11.8. The molecule has 0 bridgehead atoms. The number of hydrogen-bond donors (Lipinski definition) is 2. The van der Waals surface area contributed by atoms with Gasteiger partial charge in [-0.15, -0.1) is 0 Å². The van der Waals surface area contributed by atoms with Crippen LogP contribution >= 0.6 is 0 Å². The van der Waals surface area contributed by atoms with Crippen molar-refractivity contribution >= 4 is 5.91 Å². The third-order valence-electron chi connectivity index (χ3n) is 1.98. The highest BCUT2D eigenvalue weighted by Crippen LogP contribution is 1.96. The van der Waals surface area contributed by atoms with E-state index < -0.39 is 6.10 Å². The molecular weight excluding hydrogens is 180 g/mol. The van der Waals surface area contributed by atoms with Gasteiger partial charge in [-0.05, 0) is 26.0 Å². The monoisotopic (exact) mass is 194 g/mol. The number of hydrogen-bond acceptors (Lipinski definition) is 3. The summed E-state index contributed by atoms with van der Waals surface area (Å²) in [6, 6.07) is 4.85. The molecule has 0 saturated heterocycles. The van der Waals surface area contributed by atoms with E-state index in [-0.39, 0.29) is 11.9 Å². The van der Waals surface area contributed by atoms with Gasteiger partial charge in [-0.3, -0.25) is 9.78 Å². The van der Waals surface area contributed by atoms with Gasteiger partial charge in [0.15, 0.2) is 0 Å². The smallest absolute Gasteiger partial charge is 0.270 e. The zero-order valence-electron chi connectivity index (χ0n) is 8.27. The Morgan fingerprint density at radius 2 is 2.21 bits per heavy atom. The van der Waals surface area contributed by atoms with Crippen LogP contribution in [0.5, 0.6) is 0 Å². The molecule has 1 heterocycles. The maximum absolute atomic E-state index is 11.5. The lowest BCUT2D eigenvalue weighted by molar-refractivity contribution is 0.0869. The second-order valence-corrected chi connectivity index (χ2v) is 3.22. The van der Waals surface area contributed by atoms with Crippen molar-refractivity contribution in [1.82, 2.24) is 10.3 Å². The molecule has 0 spiro atoms. The minimum Gasteiger partial charge on any atom is -0.391 e. The first-order valence-electron chi connectivity index (χ1n) is 4.51. The normalized spacial score (nSPS) is 14.5. The molecule has 2 N–H and O–H groups in total. The topological polar surface area (TPSA) is 62.2 Å². The molecule has 0 saturated carbocycles. The minimum absolute atomic E-state index is 0.265. The van der Waals surface area contributed by atoms with Gasteiger partial charge in [0.25, 0.3) is 5.91 Å². The highest BCUT2D eigenvalue weighted by molar-refractivity contribution is 5.92. The Bertz CT molecular complexity index is 298. The van der Waals surface area contributed by atoms with Gasteiger partial charge in [-0.1, -0.05) is 6.07 Å². The van der Waals surface area contributed by atoms with E-state index in [1.165, 1.54) is 0 Å². The molecule has 0 radical (unpaired) electrons. The van der Waals surface area contributed by atoms with Gasteiger partial charge in [0.2, 0.25) is 0 Å². The Kier molecular flexibility index (Phi) is 3.59. The second kappa shape index (κ2) is 4.72. The van der Waals surface area contributed by atoms with Crippen LogP contribution < -0.4 is 5.32 Å². The molecule has 14 heavy (non-hydrogen) atoms. The van der Waals surface area contributed by atoms with Crippen LogP contribution in [0.3, 0.4) is 0 Å². The number of amides is 1. The molecule has 2 atom stereocenters. The van der Waals surface area contributed by atoms with Crippen molar-refractivity contribution in [3.63, 3.8) is 0 Å². The first kappa shape index (κ1) is 10.7. The molecular formula is C10H14N2O2. The largest absolute Gasteiger partial charge is 0.391 e. The molecule has 0 aliphatic heterocycles. The average molecular weight is 194 g/mol. The van der Waals surface area contributed by atoms with Crippen molar-refractivity contribution < 1.29 is 9.90 Å². The minimum atomic E-state index is -0.567. The van der Waals surface area contributed by atoms with E-state index in [2.05, 4.69) is 10.3 Å². The average Bonchev–Trinajstić information content (AvgIpc) is 2.19. The van der Waals surface area contributed by atoms with E-state index in [1.807, 2.05) is 0 Å². The molecule has 4 nitrogen and oxygen atoms in total. The number of carbonyl (C=O) groups excluding carboxylic acids is 1. The van der Waals surface area contributed by atoms with E-state index >= 15 is 0 Å². The summed E-state index contributed by atoms with van der Waals surface area (Å²) in [4.78, 5) is 15.4. The van der Waals surface area contributed by atoms with Crippen molar-refractivity contribution in [2.45, 2.75) is 26.0 Å². The summed E-state index contributed by atoms with van der Waals surface area (Å²) >= 11 is 0. The van der Waals surface area contributed by atoms with Gasteiger partial charge < -0.3 is 10.4 Å². The summed E-state index contributed by atoms with van der Waals surface area (Å²) in [7, 11) is 0.